The van der Waals surface area contributed by atoms with Crippen molar-refractivity contribution in [3.63, 3.8) is 0 Å². The number of alkyl halides is 3. The third kappa shape index (κ3) is 9.20. The number of ketones is 1. The highest BCUT2D eigenvalue weighted by atomic mass is 35.5. The van der Waals surface area contributed by atoms with Gasteiger partial charge in [0.2, 0.25) is 0 Å². The Labute approximate surface area is 139 Å². The molecule has 1 unspecified atom stereocenters. The SMILES string of the molecule is CC(NC(C)(C)C)C(=O)c1cccc(Cl)c1.[2H]OC(=O)C(F)(F)F. The van der Waals surface area contributed by atoms with Crippen molar-refractivity contribution in [2.24, 2.45) is 0 Å². The summed E-state index contributed by atoms with van der Waals surface area (Å²) < 4.78 is 38.1. The van der Waals surface area contributed by atoms with E-state index in [9.17, 15) is 22.8 Å². The van der Waals surface area contributed by atoms with Gasteiger partial charge >= 0.3 is 12.1 Å². The van der Waals surface area contributed by atoms with Crippen LogP contribution in [0.3, 0.4) is 0 Å². The van der Waals surface area contributed by atoms with Gasteiger partial charge in [-0.1, -0.05) is 23.7 Å². The van der Waals surface area contributed by atoms with Crippen molar-refractivity contribution in [3.8, 4) is 0 Å². The molecule has 0 radical (unpaired) electrons. The first-order valence-electron chi connectivity index (χ1n) is 7.00. The molecule has 1 aromatic rings. The molecule has 1 atom stereocenters. The molecule has 130 valence electrons. The number of carbonyl (C=O) groups is 2. The molecule has 0 saturated heterocycles. The maximum atomic E-state index is 12.1. The summed E-state index contributed by atoms with van der Waals surface area (Å²) in [5.74, 6) is -2.44. The van der Waals surface area contributed by atoms with Gasteiger partial charge in [0.05, 0.1) is 6.04 Å². The Hall–Kier alpha value is -1.60. The standard InChI is InChI=1S/C13H18ClNO.C2HF3O2/c1-9(15-13(2,3)4)12(16)10-6-5-7-11(14)8-10;3-2(4,5)1(6)7/h5-9,15H,1-4H3;(H,6,7)/i/hD. The summed E-state index contributed by atoms with van der Waals surface area (Å²) in [5.41, 5.74) is 0.574. The van der Waals surface area contributed by atoms with E-state index in [2.05, 4.69) is 10.4 Å². The highest BCUT2D eigenvalue weighted by molar-refractivity contribution is 6.31. The monoisotopic (exact) mass is 354 g/mol. The summed E-state index contributed by atoms with van der Waals surface area (Å²) in [5, 5.41) is 6.44. The average Bonchev–Trinajstić information content (AvgIpc) is 2.43. The Morgan fingerprint density at radius 3 is 2.22 bits per heavy atom. The van der Waals surface area contributed by atoms with Gasteiger partial charge in [0.25, 0.3) is 1.43 Å². The molecule has 2 N–H and O–H groups in total. The van der Waals surface area contributed by atoms with E-state index in [0.717, 1.165) is 0 Å². The molecule has 0 aromatic heterocycles. The van der Waals surface area contributed by atoms with E-state index in [-0.39, 0.29) is 17.4 Å². The first kappa shape index (κ1) is 19.4. The quantitative estimate of drug-likeness (QED) is 0.807. The van der Waals surface area contributed by atoms with Crippen LogP contribution in [0.1, 0.15) is 38.1 Å². The van der Waals surface area contributed by atoms with Gasteiger partial charge in [-0.2, -0.15) is 13.2 Å². The lowest BCUT2D eigenvalue weighted by atomic mass is 10.0. The second-order valence-corrected chi connectivity index (χ2v) is 6.21. The number of hydrogen-bond donors (Lipinski definition) is 2. The van der Waals surface area contributed by atoms with Gasteiger partial charge in [0.1, 0.15) is 0 Å². The third-order valence-electron chi connectivity index (χ3n) is 2.38. The van der Waals surface area contributed by atoms with E-state index < -0.39 is 12.1 Å². The molecule has 23 heavy (non-hydrogen) atoms. The summed E-state index contributed by atoms with van der Waals surface area (Å²) in [7, 11) is 0. The van der Waals surface area contributed by atoms with Crippen molar-refractivity contribution in [3.05, 3.63) is 34.9 Å². The summed E-state index contributed by atoms with van der Waals surface area (Å²) in [6.45, 7) is 7.98. The van der Waals surface area contributed by atoms with Crippen LogP contribution in [0.5, 0.6) is 0 Å². The van der Waals surface area contributed by atoms with Gasteiger partial charge in [-0.05, 0) is 39.8 Å². The molecule has 0 aliphatic carbocycles. The number of aliphatic carboxylic acids is 1. The topological polar surface area (TPSA) is 66.4 Å². The number of hydrogen-bond acceptors (Lipinski definition) is 4. The van der Waals surface area contributed by atoms with Crippen LogP contribution in [-0.2, 0) is 4.79 Å². The van der Waals surface area contributed by atoms with E-state index in [1.54, 1.807) is 24.3 Å². The maximum absolute atomic E-state index is 12.1. The van der Waals surface area contributed by atoms with Crippen molar-refractivity contribution >= 4 is 23.4 Å². The zero-order valence-electron chi connectivity index (χ0n) is 14.1. The summed E-state index contributed by atoms with van der Waals surface area (Å²) in [6.07, 6.45) is -5.04. The highest BCUT2D eigenvalue weighted by Gasteiger charge is 2.38. The first-order chi connectivity index (χ1) is 10.8. The van der Waals surface area contributed by atoms with E-state index in [1.807, 2.05) is 27.7 Å². The maximum Gasteiger partial charge on any atom is 0.490 e. The fourth-order valence-corrected chi connectivity index (χ4v) is 1.80. The molecule has 0 fully saturated rings. The number of benzene rings is 1. The normalized spacial score (nSPS) is 13.3. The Balaban J connectivity index is 0.000000561. The Kier molecular flexibility index (Phi) is 7.02. The zero-order valence-corrected chi connectivity index (χ0v) is 13.9. The molecule has 0 heterocycles. The van der Waals surface area contributed by atoms with Crippen LogP contribution in [0.25, 0.3) is 1.43 Å². The molecule has 1 aromatic carbocycles. The summed E-state index contributed by atoms with van der Waals surface area (Å²) in [6, 6.07) is 6.83. The predicted molar refractivity (Wildman–Crippen MR) is 81.8 cm³/mol. The molecule has 4 nitrogen and oxygen atoms in total. The average molecular weight is 355 g/mol. The van der Waals surface area contributed by atoms with Crippen LogP contribution in [0.15, 0.2) is 24.3 Å². The van der Waals surface area contributed by atoms with Crippen LogP contribution in [0.4, 0.5) is 13.2 Å². The van der Waals surface area contributed by atoms with Crippen molar-refractivity contribution in [2.45, 2.75) is 45.5 Å². The molecule has 0 amide bonds. The number of carbonyl (C=O) groups excluding carboxylic acids is 1. The van der Waals surface area contributed by atoms with Gasteiger partial charge in [0, 0.05) is 16.1 Å². The van der Waals surface area contributed by atoms with E-state index in [0.29, 0.717) is 10.6 Å². The lowest BCUT2D eigenvalue weighted by Gasteiger charge is -2.25. The lowest BCUT2D eigenvalue weighted by Crippen LogP contribution is -2.46. The zero-order chi connectivity index (χ0) is 19.1. The van der Waals surface area contributed by atoms with Crippen LogP contribution in [0, 0.1) is 0 Å². The van der Waals surface area contributed by atoms with E-state index >= 15 is 0 Å². The first-order valence-corrected chi connectivity index (χ1v) is 6.97. The smallest absolute Gasteiger partial charge is 0.475 e. The number of halogens is 4. The molecular weight excluding hydrogens is 335 g/mol. The second-order valence-electron chi connectivity index (χ2n) is 5.78. The number of Topliss-reactive ketones (excluding diaryl/α,β-unsaturated/α-hetero) is 1. The minimum atomic E-state index is -5.04. The number of carboxylic acids is 1. The lowest BCUT2D eigenvalue weighted by molar-refractivity contribution is -0.192. The van der Waals surface area contributed by atoms with E-state index in [1.165, 1.54) is 0 Å². The van der Waals surface area contributed by atoms with Gasteiger partial charge in [0.15, 0.2) is 5.78 Å². The number of rotatable bonds is 3. The Morgan fingerprint density at radius 1 is 1.30 bits per heavy atom. The molecule has 0 saturated carbocycles. The van der Waals surface area contributed by atoms with Crippen molar-refractivity contribution in [1.82, 2.24) is 5.32 Å². The third-order valence-corrected chi connectivity index (χ3v) is 2.62. The largest absolute Gasteiger partial charge is 0.490 e. The predicted octanol–water partition coefficient (Wildman–Crippen LogP) is 3.93. The van der Waals surface area contributed by atoms with Crippen LogP contribution >= 0.6 is 11.6 Å². The van der Waals surface area contributed by atoms with Crippen molar-refractivity contribution in [1.29, 1.82) is 1.43 Å². The number of nitrogens with one attached hydrogen (secondary N) is 1. The fourth-order valence-electron chi connectivity index (χ4n) is 1.61. The molecular formula is C15H19ClF3NO3. The molecule has 8 heteroatoms. The van der Waals surface area contributed by atoms with Gasteiger partial charge < -0.3 is 10.4 Å². The van der Waals surface area contributed by atoms with Crippen molar-refractivity contribution < 1.29 is 27.9 Å². The van der Waals surface area contributed by atoms with Gasteiger partial charge in [-0.3, -0.25) is 4.79 Å². The van der Waals surface area contributed by atoms with Crippen LogP contribution in [0.2, 0.25) is 5.02 Å². The van der Waals surface area contributed by atoms with Gasteiger partial charge in [-0.15, -0.1) is 0 Å². The number of carboxylic acid groups (broad SMARTS) is 1. The Bertz CT molecular complexity index is 574. The molecule has 0 bridgehead atoms. The molecule has 0 spiro atoms. The van der Waals surface area contributed by atoms with Crippen LogP contribution < -0.4 is 5.32 Å². The Morgan fingerprint density at radius 2 is 1.87 bits per heavy atom. The van der Waals surface area contributed by atoms with E-state index in [4.69, 9.17) is 13.0 Å². The second kappa shape index (κ2) is 8.31. The molecule has 0 aliphatic heterocycles. The minimum absolute atomic E-state index is 0.0671. The fraction of sp³-hybridized carbons (Fsp3) is 0.467. The van der Waals surface area contributed by atoms with Gasteiger partial charge in [-0.25, -0.2) is 4.79 Å². The molecule has 0 aliphatic rings. The summed E-state index contributed by atoms with van der Waals surface area (Å²) in [4.78, 5) is 21.4. The minimum Gasteiger partial charge on any atom is -0.475 e. The van der Waals surface area contributed by atoms with Crippen molar-refractivity contribution in [2.75, 3.05) is 0 Å². The summed E-state index contributed by atoms with van der Waals surface area (Å²) >= 11 is 5.85. The van der Waals surface area contributed by atoms with Crippen LogP contribution in [-0.4, -0.2) is 34.6 Å². The molecule has 1 rings (SSSR count). The highest BCUT2D eigenvalue weighted by Crippen LogP contribution is 2.14.